The van der Waals surface area contributed by atoms with Crippen LogP contribution in [0.25, 0.3) is 0 Å². The molecule has 0 atom stereocenters. The standard InChI is InChI=1S/C30H33N5O2S/c1-23-11-9-10-16-26(23)37-21-27-31-32-30(33(27)2)38-22-28(36)34-17-19-35(20-18-34)29(24-12-5-3-6-13-24)25-14-7-4-8-15-25/h3-16,29H,17-22H2,1-2H3. The Hall–Kier alpha value is -3.62. The van der Waals surface area contributed by atoms with Crippen LogP contribution in [0.5, 0.6) is 5.75 Å². The zero-order chi connectivity index (χ0) is 26.3. The second kappa shape index (κ2) is 12.3. The molecular weight excluding hydrogens is 494 g/mol. The summed E-state index contributed by atoms with van der Waals surface area (Å²) in [5.41, 5.74) is 3.63. The molecule has 1 aromatic heterocycles. The molecule has 7 nitrogen and oxygen atoms in total. The Morgan fingerprint density at radius 3 is 2.11 bits per heavy atom. The van der Waals surface area contributed by atoms with E-state index in [0.717, 1.165) is 30.2 Å². The van der Waals surface area contributed by atoms with Crippen LogP contribution in [0.3, 0.4) is 0 Å². The maximum atomic E-state index is 13.1. The van der Waals surface area contributed by atoms with Crippen molar-refractivity contribution < 1.29 is 9.53 Å². The summed E-state index contributed by atoms with van der Waals surface area (Å²) < 4.78 is 7.82. The summed E-state index contributed by atoms with van der Waals surface area (Å²) in [4.78, 5) is 17.5. The molecule has 0 unspecified atom stereocenters. The maximum Gasteiger partial charge on any atom is 0.233 e. The van der Waals surface area contributed by atoms with Gasteiger partial charge in [-0.1, -0.05) is 90.6 Å². The Balaban J connectivity index is 1.15. The van der Waals surface area contributed by atoms with E-state index in [4.69, 9.17) is 4.74 Å². The lowest BCUT2D eigenvalue weighted by Crippen LogP contribution is -2.50. The number of aromatic nitrogens is 3. The van der Waals surface area contributed by atoms with Crippen LogP contribution in [-0.4, -0.2) is 62.4 Å². The molecule has 0 spiro atoms. The summed E-state index contributed by atoms with van der Waals surface area (Å²) >= 11 is 1.42. The monoisotopic (exact) mass is 527 g/mol. The third-order valence-corrected chi connectivity index (χ3v) is 7.97. The molecule has 8 heteroatoms. The van der Waals surface area contributed by atoms with E-state index in [1.807, 2.05) is 47.7 Å². The zero-order valence-corrected chi connectivity index (χ0v) is 22.7. The Morgan fingerprint density at radius 1 is 0.868 bits per heavy atom. The fraction of sp³-hybridized carbons (Fsp3) is 0.300. The van der Waals surface area contributed by atoms with Crippen LogP contribution in [-0.2, 0) is 18.4 Å². The fourth-order valence-corrected chi connectivity index (χ4v) is 5.62. The van der Waals surface area contributed by atoms with Gasteiger partial charge in [-0.15, -0.1) is 10.2 Å². The largest absolute Gasteiger partial charge is 0.485 e. The van der Waals surface area contributed by atoms with Crippen LogP contribution >= 0.6 is 11.8 Å². The van der Waals surface area contributed by atoms with E-state index in [2.05, 4.69) is 75.8 Å². The predicted octanol–water partition coefficient (Wildman–Crippen LogP) is 4.73. The van der Waals surface area contributed by atoms with Crippen LogP contribution in [0, 0.1) is 6.92 Å². The van der Waals surface area contributed by atoms with Gasteiger partial charge in [0.15, 0.2) is 11.0 Å². The Morgan fingerprint density at radius 2 is 1.47 bits per heavy atom. The lowest BCUT2D eigenvalue weighted by molar-refractivity contribution is -0.130. The van der Waals surface area contributed by atoms with Crippen LogP contribution < -0.4 is 4.74 Å². The first-order valence-electron chi connectivity index (χ1n) is 12.9. The normalized spacial score (nSPS) is 14.1. The van der Waals surface area contributed by atoms with E-state index >= 15 is 0 Å². The topological polar surface area (TPSA) is 63.5 Å². The first-order valence-corrected chi connectivity index (χ1v) is 13.9. The van der Waals surface area contributed by atoms with Gasteiger partial charge in [0.1, 0.15) is 12.4 Å². The number of thioether (sulfide) groups is 1. The molecule has 38 heavy (non-hydrogen) atoms. The van der Waals surface area contributed by atoms with Crippen LogP contribution in [0.2, 0.25) is 0 Å². The quantitative estimate of drug-likeness (QED) is 0.293. The Labute approximate surface area is 228 Å². The van der Waals surface area contributed by atoms with Gasteiger partial charge < -0.3 is 14.2 Å². The smallest absolute Gasteiger partial charge is 0.233 e. The van der Waals surface area contributed by atoms with Crippen molar-refractivity contribution in [2.24, 2.45) is 7.05 Å². The summed E-state index contributed by atoms with van der Waals surface area (Å²) in [6.45, 7) is 5.43. The highest BCUT2D eigenvalue weighted by molar-refractivity contribution is 7.99. The minimum Gasteiger partial charge on any atom is -0.485 e. The number of nitrogens with zero attached hydrogens (tertiary/aromatic N) is 5. The van der Waals surface area contributed by atoms with Crippen LogP contribution in [0.1, 0.15) is 28.6 Å². The van der Waals surface area contributed by atoms with Crippen molar-refractivity contribution in [3.05, 3.63) is 107 Å². The number of hydrogen-bond acceptors (Lipinski definition) is 6. The molecule has 1 amide bonds. The minimum atomic E-state index is 0.131. The summed E-state index contributed by atoms with van der Waals surface area (Å²) in [6, 6.07) is 29.3. The first kappa shape index (κ1) is 26.0. The van der Waals surface area contributed by atoms with Gasteiger partial charge in [0.25, 0.3) is 0 Å². The number of hydrogen-bond donors (Lipinski definition) is 0. The highest BCUT2D eigenvalue weighted by Crippen LogP contribution is 2.29. The minimum absolute atomic E-state index is 0.131. The third kappa shape index (κ3) is 6.09. The van der Waals surface area contributed by atoms with E-state index in [-0.39, 0.29) is 11.9 Å². The molecular formula is C30H33N5O2S. The van der Waals surface area contributed by atoms with Gasteiger partial charge in [0.05, 0.1) is 11.8 Å². The number of piperazine rings is 1. The van der Waals surface area contributed by atoms with Gasteiger partial charge in [-0.3, -0.25) is 9.69 Å². The maximum absolute atomic E-state index is 13.1. The molecule has 196 valence electrons. The second-order valence-electron chi connectivity index (χ2n) is 9.44. The number of carbonyl (C=O) groups excluding carboxylic acids is 1. The van der Waals surface area contributed by atoms with Gasteiger partial charge in [-0.2, -0.15) is 0 Å². The van der Waals surface area contributed by atoms with Crippen molar-refractivity contribution in [3.8, 4) is 5.75 Å². The fourth-order valence-electron chi connectivity index (χ4n) is 4.79. The zero-order valence-electron chi connectivity index (χ0n) is 21.9. The summed E-state index contributed by atoms with van der Waals surface area (Å²) in [5, 5.41) is 9.28. The molecule has 2 heterocycles. The molecule has 0 aliphatic carbocycles. The highest BCUT2D eigenvalue weighted by atomic mass is 32.2. The van der Waals surface area contributed by atoms with Crippen molar-refractivity contribution in [2.45, 2.75) is 24.7 Å². The van der Waals surface area contributed by atoms with Gasteiger partial charge in [0.2, 0.25) is 5.91 Å². The summed E-state index contributed by atoms with van der Waals surface area (Å²) in [5.74, 6) is 2.03. The van der Waals surface area contributed by atoms with E-state index in [9.17, 15) is 4.79 Å². The van der Waals surface area contributed by atoms with Gasteiger partial charge in [0, 0.05) is 33.2 Å². The molecule has 0 N–H and O–H groups in total. The van der Waals surface area contributed by atoms with Crippen molar-refractivity contribution in [1.82, 2.24) is 24.6 Å². The molecule has 0 bridgehead atoms. The van der Waals surface area contributed by atoms with Gasteiger partial charge in [-0.05, 0) is 29.7 Å². The average Bonchev–Trinajstić information content (AvgIpc) is 3.32. The lowest BCUT2D eigenvalue weighted by atomic mass is 9.96. The second-order valence-corrected chi connectivity index (χ2v) is 10.4. The molecule has 5 rings (SSSR count). The van der Waals surface area contributed by atoms with Gasteiger partial charge >= 0.3 is 0 Å². The average molecular weight is 528 g/mol. The molecule has 3 aromatic carbocycles. The number of aryl methyl sites for hydroxylation is 1. The molecule has 0 saturated carbocycles. The van der Waals surface area contributed by atoms with Crippen molar-refractivity contribution in [3.63, 3.8) is 0 Å². The third-order valence-electron chi connectivity index (χ3n) is 6.96. The number of rotatable bonds is 9. The molecule has 0 radical (unpaired) electrons. The predicted molar refractivity (Wildman–Crippen MR) is 150 cm³/mol. The van der Waals surface area contributed by atoms with Crippen molar-refractivity contribution in [2.75, 3.05) is 31.9 Å². The number of amides is 1. The molecule has 4 aromatic rings. The first-order chi connectivity index (χ1) is 18.6. The van der Waals surface area contributed by atoms with E-state index in [1.165, 1.54) is 22.9 Å². The SMILES string of the molecule is Cc1ccccc1OCc1nnc(SCC(=O)N2CCN(C(c3ccccc3)c3ccccc3)CC2)n1C. The van der Waals surface area contributed by atoms with E-state index < -0.39 is 0 Å². The van der Waals surface area contributed by atoms with E-state index in [1.54, 1.807) is 0 Å². The Bertz CT molecular complexity index is 1300. The van der Waals surface area contributed by atoms with Crippen molar-refractivity contribution >= 4 is 17.7 Å². The summed E-state index contributed by atoms with van der Waals surface area (Å²) in [6.07, 6.45) is 0. The van der Waals surface area contributed by atoms with Gasteiger partial charge in [-0.25, -0.2) is 0 Å². The number of ether oxygens (including phenoxy) is 1. The molecule has 1 saturated heterocycles. The number of para-hydroxylation sites is 1. The molecule has 1 aliphatic rings. The molecule has 1 aliphatic heterocycles. The van der Waals surface area contributed by atoms with Crippen molar-refractivity contribution in [1.29, 1.82) is 0 Å². The highest BCUT2D eigenvalue weighted by Gasteiger charge is 2.28. The van der Waals surface area contributed by atoms with Crippen LogP contribution in [0.4, 0.5) is 0 Å². The molecule has 1 fully saturated rings. The lowest BCUT2D eigenvalue weighted by Gasteiger charge is -2.39. The number of benzene rings is 3. The number of carbonyl (C=O) groups is 1. The summed E-state index contributed by atoms with van der Waals surface area (Å²) in [7, 11) is 1.91. The Kier molecular flexibility index (Phi) is 8.41. The van der Waals surface area contributed by atoms with E-state index in [0.29, 0.717) is 30.6 Å². The van der Waals surface area contributed by atoms with Crippen LogP contribution in [0.15, 0.2) is 90.1 Å².